The van der Waals surface area contributed by atoms with Gasteiger partial charge in [0.1, 0.15) is 0 Å². The summed E-state index contributed by atoms with van der Waals surface area (Å²) in [5.41, 5.74) is 6.63. The Morgan fingerprint density at radius 2 is 2.09 bits per heavy atom. The Morgan fingerprint density at radius 1 is 1.36 bits per heavy atom. The molecule has 0 saturated carbocycles. The van der Waals surface area contributed by atoms with Gasteiger partial charge in [-0.05, 0) is 26.0 Å². The highest BCUT2D eigenvalue weighted by Crippen LogP contribution is 2.26. The number of nitrogens with zero attached hydrogens (tertiary/aromatic N) is 2. The predicted molar refractivity (Wildman–Crippen MR) is 77.7 cm³/mol. The topological polar surface area (TPSA) is 108 Å². The first kappa shape index (κ1) is 14.2. The molecule has 3 rings (SSSR count). The normalized spacial score (nSPS) is 18.2. The highest BCUT2D eigenvalue weighted by atomic mass is 16.6. The van der Waals surface area contributed by atoms with E-state index in [2.05, 4.69) is 0 Å². The van der Waals surface area contributed by atoms with Crippen LogP contribution in [0.1, 0.15) is 19.9 Å². The lowest BCUT2D eigenvalue weighted by atomic mass is 10.2. The molecule has 0 aliphatic carbocycles. The fourth-order valence-electron chi connectivity index (χ4n) is 2.50. The molecule has 2 N–H and O–H groups in total. The molecule has 0 bridgehead atoms. The molecule has 1 aromatic carbocycles. The number of oxazole rings is 1. The minimum Gasteiger partial charge on any atom is -0.434 e. The Labute approximate surface area is 125 Å². The summed E-state index contributed by atoms with van der Waals surface area (Å²) in [6.45, 7) is 3.79. The molecule has 1 saturated heterocycles. The molecule has 1 aromatic heterocycles. The molecule has 0 spiro atoms. The number of carbonyl (C=O) groups excluding carboxylic acids is 2. The number of aromatic nitrogens is 1. The molecule has 0 unspecified atom stereocenters. The first-order valence-electron chi connectivity index (χ1n) is 6.81. The van der Waals surface area contributed by atoms with Gasteiger partial charge in [0.15, 0.2) is 11.7 Å². The molecule has 1 aliphatic rings. The lowest BCUT2D eigenvalue weighted by Crippen LogP contribution is -2.32. The van der Waals surface area contributed by atoms with Crippen LogP contribution in [0.2, 0.25) is 0 Å². The number of rotatable bonds is 3. The van der Waals surface area contributed by atoms with E-state index in [1.165, 1.54) is 9.47 Å². The van der Waals surface area contributed by atoms with Crippen LogP contribution in [0.15, 0.2) is 27.4 Å². The van der Waals surface area contributed by atoms with Gasteiger partial charge in [-0.3, -0.25) is 14.3 Å². The van der Waals surface area contributed by atoms with Crippen LogP contribution < -0.4 is 16.4 Å². The van der Waals surface area contributed by atoms with Gasteiger partial charge < -0.3 is 14.9 Å². The van der Waals surface area contributed by atoms with Crippen LogP contribution in [0.25, 0.3) is 11.1 Å². The largest absolute Gasteiger partial charge is 0.434 e. The van der Waals surface area contributed by atoms with E-state index < -0.39 is 23.9 Å². The van der Waals surface area contributed by atoms with Crippen molar-refractivity contribution in [1.82, 2.24) is 4.57 Å². The van der Waals surface area contributed by atoms with Gasteiger partial charge in [0, 0.05) is 12.1 Å². The van der Waals surface area contributed by atoms with E-state index >= 15 is 0 Å². The number of primary amides is 1. The van der Waals surface area contributed by atoms with Crippen molar-refractivity contribution in [2.24, 2.45) is 5.73 Å². The second-order valence-electron chi connectivity index (χ2n) is 5.37. The van der Waals surface area contributed by atoms with Crippen LogP contribution in [-0.2, 0) is 9.53 Å². The fraction of sp³-hybridized carbons (Fsp3) is 0.357. The van der Waals surface area contributed by atoms with Crippen LogP contribution in [0, 0.1) is 0 Å². The maximum absolute atomic E-state index is 11.8. The number of carbonyl (C=O) groups is 2. The zero-order valence-corrected chi connectivity index (χ0v) is 12.1. The molecular formula is C14H15N3O5. The van der Waals surface area contributed by atoms with Crippen LogP contribution in [0.5, 0.6) is 0 Å². The Kier molecular flexibility index (Phi) is 3.16. The van der Waals surface area contributed by atoms with E-state index in [4.69, 9.17) is 14.9 Å². The molecule has 116 valence electrons. The van der Waals surface area contributed by atoms with E-state index in [9.17, 15) is 14.4 Å². The Balaban J connectivity index is 2.02. The van der Waals surface area contributed by atoms with Crippen molar-refractivity contribution in [1.29, 1.82) is 0 Å². The molecule has 1 atom stereocenters. The van der Waals surface area contributed by atoms with Gasteiger partial charge in [-0.2, -0.15) is 0 Å². The third-order valence-electron chi connectivity index (χ3n) is 3.55. The number of nitrogens with two attached hydrogens (primary N) is 1. The average molecular weight is 305 g/mol. The van der Waals surface area contributed by atoms with Crippen molar-refractivity contribution in [3.8, 4) is 0 Å². The summed E-state index contributed by atoms with van der Waals surface area (Å²) in [7, 11) is 0. The average Bonchev–Trinajstić information content (AvgIpc) is 2.97. The van der Waals surface area contributed by atoms with E-state index in [-0.39, 0.29) is 12.6 Å². The van der Waals surface area contributed by atoms with Crippen molar-refractivity contribution >= 4 is 28.8 Å². The minimum atomic E-state index is -0.976. The molecule has 1 aliphatic heterocycles. The summed E-state index contributed by atoms with van der Waals surface area (Å²) < 4.78 is 11.6. The van der Waals surface area contributed by atoms with Crippen molar-refractivity contribution in [2.75, 3.05) is 11.4 Å². The van der Waals surface area contributed by atoms with Crippen LogP contribution in [0.4, 0.5) is 10.5 Å². The zero-order valence-electron chi connectivity index (χ0n) is 12.1. The Bertz CT molecular complexity index is 819. The molecule has 2 amide bonds. The van der Waals surface area contributed by atoms with Gasteiger partial charge >= 0.3 is 11.8 Å². The first-order valence-corrected chi connectivity index (χ1v) is 6.81. The Morgan fingerprint density at radius 3 is 2.68 bits per heavy atom. The van der Waals surface area contributed by atoms with Crippen LogP contribution in [-0.4, -0.2) is 29.2 Å². The first-order chi connectivity index (χ1) is 10.4. The second kappa shape index (κ2) is 4.90. The number of fused-ring (bicyclic) bond motifs is 1. The Hall–Kier alpha value is -2.77. The van der Waals surface area contributed by atoms with E-state index in [1.54, 1.807) is 18.2 Å². The van der Waals surface area contributed by atoms with Gasteiger partial charge in [-0.25, -0.2) is 9.59 Å². The van der Waals surface area contributed by atoms with Crippen molar-refractivity contribution in [2.45, 2.75) is 26.0 Å². The lowest BCUT2D eigenvalue weighted by molar-refractivity contribution is -0.124. The zero-order chi connectivity index (χ0) is 16.0. The summed E-state index contributed by atoms with van der Waals surface area (Å²) >= 11 is 0. The summed E-state index contributed by atoms with van der Waals surface area (Å²) in [4.78, 5) is 36.0. The second-order valence-corrected chi connectivity index (χ2v) is 5.37. The van der Waals surface area contributed by atoms with Crippen LogP contribution in [0.3, 0.4) is 0 Å². The van der Waals surface area contributed by atoms with Crippen molar-refractivity contribution in [3.05, 3.63) is 28.7 Å². The van der Waals surface area contributed by atoms with E-state index in [0.717, 1.165) is 0 Å². The molecule has 8 nitrogen and oxygen atoms in total. The number of hydrogen-bond donors (Lipinski definition) is 1. The predicted octanol–water partition coefficient (Wildman–Crippen LogP) is 0.986. The third-order valence-corrected chi connectivity index (χ3v) is 3.55. The highest BCUT2D eigenvalue weighted by molar-refractivity contribution is 5.96. The quantitative estimate of drug-likeness (QED) is 0.909. The molecule has 2 heterocycles. The van der Waals surface area contributed by atoms with Gasteiger partial charge in [0.25, 0.3) is 5.91 Å². The summed E-state index contributed by atoms with van der Waals surface area (Å²) in [5.74, 6) is -1.16. The maximum atomic E-state index is 11.8. The molecule has 1 fully saturated rings. The number of ether oxygens (including phenoxy) is 1. The lowest BCUT2D eigenvalue weighted by Gasteiger charge is -2.12. The highest BCUT2D eigenvalue weighted by Gasteiger charge is 2.36. The van der Waals surface area contributed by atoms with E-state index in [0.29, 0.717) is 16.8 Å². The fourth-order valence-corrected chi connectivity index (χ4v) is 2.50. The SMILES string of the molecule is CC(C)n1c(=O)oc2cc(N3C[C@H](C(N)=O)OC3=O)ccc21. The standard InChI is InChI=1S/C14H15N3O5/c1-7(2)17-9-4-3-8(5-10(9)21-14(17)20)16-6-11(12(15)18)22-13(16)19/h3-5,7,11H,6H2,1-2H3,(H2,15,18)/t11-/m1/s1. The van der Waals surface area contributed by atoms with Gasteiger partial charge in [0.05, 0.1) is 17.7 Å². The number of amides is 2. The number of hydrogen-bond acceptors (Lipinski definition) is 5. The van der Waals surface area contributed by atoms with Gasteiger partial charge in [0.2, 0.25) is 0 Å². The molecular weight excluding hydrogens is 290 g/mol. The molecule has 22 heavy (non-hydrogen) atoms. The summed E-state index contributed by atoms with van der Waals surface area (Å²) in [6.07, 6.45) is -1.63. The van der Waals surface area contributed by atoms with E-state index in [1.807, 2.05) is 13.8 Å². The number of anilines is 1. The van der Waals surface area contributed by atoms with Gasteiger partial charge in [-0.15, -0.1) is 0 Å². The molecule has 0 radical (unpaired) electrons. The maximum Gasteiger partial charge on any atom is 0.420 e. The van der Waals surface area contributed by atoms with Crippen molar-refractivity contribution < 1.29 is 18.7 Å². The smallest absolute Gasteiger partial charge is 0.420 e. The molecule has 2 aromatic rings. The van der Waals surface area contributed by atoms with Crippen molar-refractivity contribution in [3.63, 3.8) is 0 Å². The molecule has 8 heteroatoms. The third kappa shape index (κ3) is 2.12. The number of benzene rings is 1. The van der Waals surface area contributed by atoms with Crippen LogP contribution >= 0.6 is 0 Å². The number of cyclic esters (lactones) is 1. The summed E-state index contributed by atoms with van der Waals surface area (Å²) in [6, 6.07) is 4.89. The minimum absolute atomic E-state index is 0.0365. The monoisotopic (exact) mass is 305 g/mol. The van der Waals surface area contributed by atoms with Gasteiger partial charge in [-0.1, -0.05) is 0 Å². The summed E-state index contributed by atoms with van der Waals surface area (Å²) in [5, 5.41) is 0.